The molecule has 0 bridgehead atoms. The van der Waals surface area contributed by atoms with Crippen LogP contribution in [-0.2, 0) is 0 Å². The van der Waals surface area contributed by atoms with E-state index >= 15 is 0 Å². The van der Waals surface area contributed by atoms with Crippen LogP contribution in [0, 0.1) is 6.92 Å². The summed E-state index contributed by atoms with van der Waals surface area (Å²) in [5, 5.41) is 1.66. The minimum absolute atomic E-state index is 0.339. The third-order valence-electron chi connectivity index (χ3n) is 2.74. The van der Waals surface area contributed by atoms with Crippen LogP contribution in [-0.4, -0.2) is 0 Å². The van der Waals surface area contributed by atoms with E-state index < -0.39 is 0 Å². The van der Waals surface area contributed by atoms with Crippen LogP contribution in [0.2, 0.25) is 15.1 Å². The molecule has 2 rings (SSSR count). The van der Waals surface area contributed by atoms with Gasteiger partial charge in [-0.15, -0.1) is 0 Å². The molecule has 94 valence electrons. The van der Waals surface area contributed by atoms with Crippen LogP contribution in [0.25, 0.3) is 0 Å². The molecule has 0 aliphatic carbocycles. The molecular formula is C14H12Cl3N. The molecule has 0 aliphatic heterocycles. The summed E-state index contributed by atoms with van der Waals surface area (Å²) >= 11 is 18.2. The van der Waals surface area contributed by atoms with Gasteiger partial charge in [0.05, 0.1) is 16.1 Å². The predicted octanol–water partition coefficient (Wildman–Crippen LogP) is 5.00. The van der Waals surface area contributed by atoms with E-state index in [2.05, 4.69) is 0 Å². The molecule has 0 saturated carbocycles. The van der Waals surface area contributed by atoms with Crippen LogP contribution < -0.4 is 5.73 Å². The van der Waals surface area contributed by atoms with Crippen molar-refractivity contribution < 1.29 is 0 Å². The van der Waals surface area contributed by atoms with Gasteiger partial charge >= 0.3 is 0 Å². The Kier molecular flexibility index (Phi) is 4.18. The zero-order valence-electron chi connectivity index (χ0n) is 9.75. The van der Waals surface area contributed by atoms with Crippen LogP contribution in [0.4, 0.5) is 0 Å². The molecule has 2 N–H and O–H groups in total. The van der Waals surface area contributed by atoms with E-state index in [4.69, 9.17) is 40.5 Å². The number of rotatable bonds is 2. The van der Waals surface area contributed by atoms with Crippen molar-refractivity contribution in [3.8, 4) is 0 Å². The van der Waals surface area contributed by atoms with Crippen molar-refractivity contribution in [2.24, 2.45) is 5.73 Å². The molecular weight excluding hydrogens is 289 g/mol. The average Bonchev–Trinajstić information content (AvgIpc) is 2.30. The number of hydrogen-bond donors (Lipinski definition) is 1. The maximum Gasteiger partial charge on any atom is 0.0643 e. The summed E-state index contributed by atoms with van der Waals surface area (Å²) in [4.78, 5) is 0. The van der Waals surface area contributed by atoms with Gasteiger partial charge < -0.3 is 5.73 Å². The minimum atomic E-state index is -0.339. The van der Waals surface area contributed by atoms with Gasteiger partial charge in [-0.1, -0.05) is 53.0 Å². The fourth-order valence-electron chi connectivity index (χ4n) is 1.88. The second-order valence-electron chi connectivity index (χ2n) is 4.18. The summed E-state index contributed by atoms with van der Waals surface area (Å²) in [6.07, 6.45) is 0. The van der Waals surface area contributed by atoms with Gasteiger partial charge in [-0.25, -0.2) is 0 Å². The molecule has 0 heterocycles. The molecule has 0 fully saturated rings. The Balaban J connectivity index is 2.47. The first kappa shape index (κ1) is 13.7. The molecule has 0 spiro atoms. The fourth-order valence-corrected chi connectivity index (χ4v) is 2.61. The van der Waals surface area contributed by atoms with Gasteiger partial charge in [0.2, 0.25) is 0 Å². The first-order valence-corrected chi connectivity index (χ1v) is 6.59. The molecule has 0 aromatic heterocycles. The lowest BCUT2D eigenvalue weighted by atomic mass is 9.98. The smallest absolute Gasteiger partial charge is 0.0643 e. The third kappa shape index (κ3) is 2.81. The van der Waals surface area contributed by atoms with Crippen molar-refractivity contribution in [1.29, 1.82) is 0 Å². The van der Waals surface area contributed by atoms with Gasteiger partial charge in [-0.2, -0.15) is 0 Å². The topological polar surface area (TPSA) is 26.0 Å². The van der Waals surface area contributed by atoms with Crippen LogP contribution in [0.15, 0.2) is 36.4 Å². The second-order valence-corrected chi connectivity index (χ2v) is 5.40. The van der Waals surface area contributed by atoms with E-state index in [-0.39, 0.29) is 6.04 Å². The van der Waals surface area contributed by atoms with Crippen molar-refractivity contribution in [3.05, 3.63) is 68.2 Å². The Labute approximate surface area is 121 Å². The third-order valence-corrected chi connectivity index (χ3v) is 3.79. The molecule has 0 aliphatic rings. The molecule has 1 nitrogen and oxygen atoms in total. The Bertz CT molecular complexity index is 561. The average molecular weight is 301 g/mol. The van der Waals surface area contributed by atoms with E-state index in [0.717, 1.165) is 16.7 Å². The normalized spacial score (nSPS) is 12.5. The summed E-state index contributed by atoms with van der Waals surface area (Å²) in [7, 11) is 0. The molecule has 18 heavy (non-hydrogen) atoms. The standard InChI is InChI=1S/C14H12Cl3N/c1-8-5-9(7-10(15)6-8)14(18)11-3-2-4-12(16)13(11)17/h2-7,14H,18H2,1H3. The molecule has 1 unspecified atom stereocenters. The minimum Gasteiger partial charge on any atom is -0.320 e. The van der Waals surface area contributed by atoms with Crippen molar-refractivity contribution >= 4 is 34.8 Å². The van der Waals surface area contributed by atoms with Gasteiger partial charge in [0.1, 0.15) is 0 Å². The summed E-state index contributed by atoms with van der Waals surface area (Å²) in [6, 6.07) is 10.8. The van der Waals surface area contributed by atoms with Gasteiger partial charge in [0.25, 0.3) is 0 Å². The predicted molar refractivity (Wildman–Crippen MR) is 78.7 cm³/mol. The molecule has 0 radical (unpaired) electrons. The highest BCUT2D eigenvalue weighted by Gasteiger charge is 2.15. The highest BCUT2D eigenvalue weighted by molar-refractivity contribution is 6.42. The van der Waals surface area contributed by atoms with Crippen LogP contribution >= 0.6 is 34.8 Å². The Hall–Kier alpha value is -0.730. The van der Waals surface area contributed by atoms with E-state index in [9.17, 15) is 0 Å². The Morgan fingerprint density at radius 3 is 2.44 bits per heavy atom. The van der Waals surface area contributed by atoms with E-state index in [1.807, 2.05) is 37.3 Å². The fraction of sp³-hybridized carbons (Fsp3) is 0.143. The first-order chi connectivity index (χ1) is 8.49. The zero-order chi connectivity index (χ0) is 13.3. The second kappa shape index (κ2) is 5.50. The summed E-state index contributed by atoms with van der Waals surface area (Å²) in [5.74, 6) is 0. The van der Waals surface area contributed by atoms with Gasteiger partial charge in [-0.05, 0) is 41.8 Å². The van der Waals surface area contributed by atoms with Crippen LogP contribution in [0.3, 0.4) is 0 Å². The lowest BCUT2D eigenvalue weighted by Crippen LogP contribution is -2.12. The van der Waals surface area contributed by atoms with E-state index in [0.29, 0.717) is 15.1 Å². The van der Waals surface area contributed by atoms with Crippen molar-refractivity contribution in [3.63, 3.8) is 0 Å². The Morgan fingerprint density at radius 1 is 1.06 bits per heavy atom. The lowest BCUT2D eigenvalue weighted by molar-refractivity contribution is 0.870. The summed E-state index contributed by atoms with van der Waals surface area (Å²) in [5.41, 5.74) is 9.00. The number of aryl methyl sites for hydroxylation is 1. The monoisotopic (exact) mass is 299 g/mol. The first-order valence-electron chi connectivity index (χ1n) is 5.45. The summed E-state index contributed by atoms with van der Waals surface area (Å²) in [6.45, 7) is 1.97. The molecule has 4 heteroatoms. The van der Waals surface area contributed by atoms with E-state index in [1.54, 1.807) is 6.07 Å². The molecule has 2 aromatic rings. The van der Waals surface area contributed by atoms with Crippen LogP contribution in [0.5, 0.6) is 0 Å². The van der Waals surface area contributed by atoms with E-state index in [1.165, 1.54) is 0 Å². The number of benzene rings is 2. The Morgan fingerprint density at radius 2 is 1.78 bits per heavy atom. The van der Waals surface area contributed by atoms with Crippen molar-refractivity contribution in [1.82, 2.24) is 0 Å². The lowest BCUT2D eigenvalue weighted by Gasteiger charge is -2.16. The number of halogens is 3. The number of hydrogen-bond acceptors (Lipinski definition) is 1. The SMILES string of the molecule is Cc1cc(Cl)cc(C(N)c2cccc(Cl)c2Cl)c1. The molecule has 2 aromatic carbocycles. The van der Waals surface area contributed by atoms with Crippen molar-refractivity contribution in [2.45, 2.75) is 13.0 Å². The van der Waals surface area contributed by atoms with Gasteiger partial charge in [0, 0.05) is 5.02 Å². The zero-order valence-corrected chi connectivity index (χ0v) is 12.0. The maximum atomic E-state index is 6.22. The van der Waals surface area contributed by atoms with Gasteiger partial charge in [0.15, 0.2) is 0 Å². The van der Waals surface area contributed by atoms with Crippen molar-refractivity contribution in [2.75, 3.05) is 0 Å². The molecule has 0 saturated heterocycles. The van der Waals surface area contributed by atoms with Gasteiger partial charge in [-0.3, -0.25) is 0 Å². The highest BCUT2D eigenvalue weighted by atomic mass is 35.5. The van der Waals surface area contributed by atoms with Crippen LogP contribution in [0.1, 0.15) is 22.7 Å². The number of nitrogens with two attached hydrogens (primary N) is 1. The quantitative estimate of drug-likeness (QED) is 0.829. The largest absolute Gasteiger partial charge is 0.320 e. The highest BCUT2D eigenvalue weighted by Crippen LogP contribution is 2.32. The maximum absolute atomic E-state index is 6.22. The summed E-state index contributed by atoms with van der Waals surface area (Å²) < 4.78 is 0. The molecule has 1 atom stereocenters. The molecule has 0 amide bonds.